The molecule has 1 aliphatic heterocycles. The molecule has 1 aliphatic rings. The number of nitrogens with zero attached hydrogens (tertiary/aromatic N) is 3. The summed E-state index contributed by atoms with van der Waals surface area (Å²) in [5.41, 5.74) is 0.619. The Balaban J connectivity index is 2.17. The summed E-state index contributed by atoms with van der Waals surface area (Å²) in [6, 6.07) is 1.48. The molecule has 6 heteroatoms. The van der Waals surface area contributed by atoms with Crippen molar-refractivity contribution in [2.45, 2.75) is 33.1 Å². The topological polar surface area (TPSA) is 46.1 Å². The average Bonchev–Trinajstić information content (AvgIpc) is 2.52. The summed E-state index contributed by atoms with van der Waals surface area (Å²) < 4.78 is 0. The lowest BCUT2D eigenvalue weighted by atomic mass is 9.85. The lowest BCUT2D eigenvalue weighted by Gasteiger charge is -2.23. The molecule has 1 aromatic heterocycles. The van der Waals surface area contributed by atoms with Gasteiger partial charge in [-0.05, 0) is 30.7 Å². The second-order valence-electron chi connectivity index (χ2n) is 5.68. The van der Waals surface area contributed by atoms with Crippen LogP contribution in [0.15, 0.2) is 6.07 Å². The fraction of sp³-hybridized carbons (Fsp3) is 0.615. The Labute approximate surface area is 123 Å². The van der Waals surface area contributed by atoms with E-state index in [-0.39, 0.29) is 21.6 Å². The van der Waals surface area contributed by atoms with Crippen molar-refractivity contribution in [2.24, 2.45) is 5.41 Å². The Morgan fingerprint density at radius 1 is 1.26 bits per heavy atom. The first-order valence-corrected chi connectivity index (χ1v) is 7.13. The number of halogens is 2. The smallest absolute Gasteiger partial charge is 0.257 e. The van der Waals surface area contributed by atoms with Crippen molar-refractivity contribution in [3.8, 4) is 0 Å². The van der Waals surface area contributed by atoms with Crippen molar-refractivity contribution in [3.05, 3.63) is 21.9 Å². The van der Waals surface area contributed by atoms with E-state index in [2.05, 4.69) is 24.0 Å². The molecule has 0 saturated carbocycles. The van der Waals surface area contributed by atoms with Gasteiger partial charge in [0.05, 0.1) is 5.56 Å². The molecule has 1 saturated heterocycles. The van der Waals surface area contributed by atoms with Gasteiger partial charge in [-0.15, -0.1) is 10.2 Å². The number of hydrogen-bond donors (Lipinski definition) is 0. The van der Waals surface area contributed by atoms with Gasteiger partial charge >= 0.3 is 0 Å². The predicted octanol–water partition coefficient (Wildman–Crippen LogP) is 3.44. The number of amides is 1. The fourth-order valence-electron chi connectivity index (χ4n) is 2.30. The zero-order valence-electron chi connectivity index (χ0n) is 11.1. The minimum absolute atomic E-state index is 0.109. The van der Waals surface area contributed by atoms with E-state index in [1.54, 1.807) is 0 Å². The first kappa shape index (κ1) is 14.5. The van der Waals surface area contributed by atoms with Crippen LogP contribution in [0.3, 0.4) is 0 Å². The molecule has 104 valence electrons. The summed E-state index contributed by atoms with van der Waals surface area (Å²) in [7, 11) is 0. The van der Waals surface area contributed by atoms with Gasteiger partial charge < -0.3 is 4.90 Å². The molecule has 0 radical (unpaired) electrons. The summed E-state index contributed by atoms with van der Waals surface area (Å²) in [5.74, 6) is -0.112. The molecule has 1 fully saturated rings. The average molecular weight is 302 g/mol. The number of carbonyl (C=O) groups is 1. The van der Waals surface area contributed by atoms with Gasteiger partial charge in [-0.2, -0.15) is 0 Å². The molecular formula is C13H17Cl2N3O. The summed E-state index contributed by atoms with van der Waals surface area (Å²) in [6.45, 7) is 5.96. The van der Waals surface area contributed by atoms with Gasteiger partial charge in [-0.3, -0.25) is 4.79 Å². The van der Waals surface area contributed by atoms with E-state index in [1.807, 2.05) is 4.90 Å². The van der Waals surface area contributed by atoms with Crippen LogP contribution in [-0.4, -0.2) is 34.1 Å². The highest BCUT2D eigenvalue weighted by Gasteiger charge is 2.27. The third kappa shape index (κ3) is 3.57. The Morgan fingerprint density at radius 3 is 2.74 bits per heavy atom. The number of aromatic nitrogens is 2. The summed E-state index contributed by atoms with van der Waals surface area (Å²) in [6.07, 6.45) is 3.12. The van der Waals surface area contributed by atoms with Crippen LogP contribution in [0, 0.1) is 5.41 Å². The normalized spacial score (nSPS) is 19.1. The van der Waals surface area contributed by atoms with Crippen molar-refractivity contribution in [3.63, 3.8) is 0 Å². The maximum Gasteiger partial charge on any atom is 0.257 e. The Morgan fingerprint density at radius 2 is 2.00 bits per heavy atom. The summed E-state index contributed by atoms with van der Waals surface area (Å²) in [4.78, 5) is 14.3. The number of rotatable bonds is 1. The molecule has 0 N–H and O–H groups in total. The van der Waals surface area contributed by atoms with E-state index < -0.39 is 0 Å². The fourth-order valence-corrected chi connectivity index (χ4v) is 2.62. The van der Waals surface area contributed by atoms with Gasteiger partial charge in [-0.1, -0.05) is 37.0 Å². The van der Waals surface area contributed by atoms with Crippen LogP contribution in [0.1, 0.15) is 43.5 Å². The Hall–Kier alpha value is -0.870. The summed E-state index contributed by atoms with van der Waals surface area (Å²) >= 11 is 11.7. The van der Waals surface area contributed by atoms with Crippen LogP contribution >= 0.6 is 23.2 Å². The van der Waals surface area contributed by atoms with Crippen LogP contribution in [-0.2, 0) is 0 Å². The largest absolute Gasteiger partial charge is 0.339 e. The first-order chi connectivity index (χ1) is 8.89. The SMILES string of the molecule is CC1(C)CCCN(C(=O)c2cc(Cl)nnc2Cl)CC1. The predicted molar refractivity (Wildman–Crippen MR) is 75.6 cm³/mol. The van der Waals surface area contributed by atoms with E-state index in [1.165, 1.54) is 6.07 Å². The quantitative estimate of drug-likeness (QED) is 0.798. The highest BCUT2D eigenvalue weighted by Crippen LogP contribution is 2.30. The zero-order chi connectivity index (χ0) is 14.0. The molecule has 19 heavy (non-hydrogen) atoms. The van der Waals surface area contributed by atoms with Gasteiger partial charge in [0.1, 0.15) is 0 Å². The first-order valence-electron chi connectivity index (χ1n) is 6.37. The van der Waals surface area contributed by atoms with Crippen LogP contribution in [0.4, 0.5) is 0 Å². The second kappa shape index (κ2) is 5.63. The lowest BCUT2D eigenvalue weighted by Crippen LogP contribution is -2.32. The van der Waals surface area contributed by atoms with Gasteiger partial charge in [0.25, 0.3) is 5.91 Å². The number of carbonyl (C=O) groups excluding carboxylic acids is 1. The molecule has 0 bridgehead atoms. The highest BCUT2D eigenvalue weighted by molar-refractivity contribution is 6.34. The van der Waals surface area contributed by atoms with Crippen LogP contribution < -0.4 is 0 Å². The molecule has 1 aromatic rings. The zero-order valence-corrected chi connectivity index (χ0v) is 12.6. The molecule has 0 aromatic carbocycles. The van der Waals surface area contributed by atoms with Crippen molar-refractivity contribution < 1.29 is 4.79 Å². The minimum atomic E-state index is -0.112. The van der Waals surface area contributed by atoms with Crippen LogP contribution in [0.2, 0.25) is 10.3 Å². The lowest BCUT2D eigenvalue weighted by molar-refractivity contribution is 0.0757. The third-order valence-electron chi connectivity index (χ3n) is 3.58. The number of likely N-dealkylation sites (tertiary alicyclic amines) is 1. The Bertz CT molecular complexity index is 491. The third-order valence-corrected chi connectivity index (χ3v) is 4.04. The van der Waals surface area contributed by atoms with E-state index in [9.17, 15) is 4.79 Å². The maximum atomic E-state index is 12.5. The molecule has 4 nitrogen and oxygen atoms in total. The Kier molecular flexibility index (Phi) is 4.31. The maximum absolute atomic E-state index is 12.5. The van der Waals surface area contributed by atoms with E-state index in [4.69, 9.17) is 23.2 Å². The van der Waals surface area contributed by atoms with Gasteiger partial charge in [0.2, 0.25) is 0 Å². The molecule has 2 rings (SSSR count). The van der Waals surface area contributed by atoms with Crippen LogP contribution in [0.5, 0.6) is 0 Å². The van der Waals surface area contributed by atoms with Crippen molar-refractivity contribution in [1.29, 1.82) is 0 Å². The molecule has 0 atom stereocenters. The van der Waals surface area contributed by atoms with Gasteiger partial charge in [0.15, 0.2) is 10.3 Å². The standard InChI is InChI=1S/C13H17Cl2N3O/c1-13(2)4-3-6-18(7-5-13)12(19)9-8-10(14)16-17-11(9)15/h8H,3-7H2,1-2H3. The van der Waals surface area contributed by atoms with E-state index in [0.29, 0.717) is 5.56 Å². The molecule has 1 amide bonds. The van der Waals surface area contributed by atoms with Crippen molar-refractivity contribution >= 4 is 29.1 Å². The molecular weight excluding hydrogens is 285 g/mol. The highest BCUT2D eigenvalue weighted by atomic mass is 35.5. The monoisotopic (exact) mass is 301 g/mol. The summed E-state index contributed by atoms with van der Waals surface area (Å²) in [5, 5.41) is 7.60. The van der Waals surface area contributed by atoms with Crippen molar-refractivity contribution in [1.82, 2.24) is 15.1 Å². The van der Waals surface area contributed by atoms with Gasteiger partial charge in [-0.25, -0.2) is 0 Å². The second-order valence-corrected chi connectivity index (χ2v) is 6.43. The van der Waals surface area contributed by atoms with Crippen LogP contribution in [0.25, 0.3) is 0 Å². The minimum Gasteiger partial charge on any atom is -0.339 e. The number of hydrogen-bond acceptors (Lipinski definition) is 3. The van der Waals surface area contributed by atoms with Crippen molar-refractivity contribution in [2.75, 3.05) is 13.1 Å². The molecule has 0 unspecified atom stereocenters. The van der Waals surface area contributed by atoms with E-state index >= 15 is 0 Å². The van der Waals surface area contributed by atoms with Gasteiger partial charge in [0, 0.05) is 13.1 Å². The van der Waals surface area contributed by atoms with E-state index in [0.717, 1.165) is 32.4 Å². The molecule has 2 heterocycles. The molecule has 0 spiro atoms. The molecule has 0 aliphatic carbocycles.